The molecule has 1 aromatic heterocycles. The van der Waals surface area contributed by atoms with Gasteiger partial charge in [0.15, 0.2) is 0 Å². The quantitative estimate of drug-likeness (QED) is 0.677. The molecule has 0 saturated carbocycles. The van der Waals surface area contributed by atoms with E-state index < -0.39 is 0 Å². The van der Waals surface area contributed by atoms with Gasteiger partial charge in [-0.15, -0.1) is 0 Å². The van der Waals surface area contributed by atoms with E-state index >= 15 is 0 Å². The Balaban J connectivity index is 1.34. The highest BCUT2D eigenvalue weighted by molar-refractivity contribution is 5.40. The van der Waals surface area contributed by atoms with Crippen LogP contribution in [0.1, 0.15) is 43.0 Å². The van der Waals surface area contributed by atoms with Gasteiger partial charge < -0.3 is 14.8 Å². The molecule has 26 heavy (non-hydrogen) atoms. The van der Waals surface area contributed by atoms with E-state index in [1.54, 1.807) is 6.07 Å². The van der Waals surface area contributed by atoms with Gasteiger partial charge >= 0.3 is 0 Å². The number of aryl methyl sites for hydroxylation is 2. The van der Waals surface area contributed by atoms with Crippen LogP contribution in [0, 0.1) is 5.82 Å². The van der Waals surface area contributed by atoms with Gasteiger partial charge in [0.25, 0.3) is 0 Å². The summed E-state index contributed by atoms with van der Waals surface area (Å²) in [5.74, 6) is 1.52. The van der Waals surface area contributed by atoms with Crippen LogP contribution in [0.4, 0.5) is 10.2 Å². The van der Waals surface area contributed by atoms with Crippen molar-refractivity contribution in [3.05, 3.63) is 53.0 Å². The molecule has 0 bridgehead atoms. The number of hydrogen-bond donors (Lipinski definition) is 1. The first-order chi connectivity index (χ1) is 12.6. The van der Waals surface area contributed by atoms with Crippen molar-refractivity contribution >= 4 is 5.82 Å². The summed E-state index contributed by atoms with van der Waals surface area (Å²) in [6.07, 6.45) is 3.44. The molecular formula is C21H27FN2O2. The lowest BCUT2D eigenvalue weighted by molar-refractivity contribution is 0.107. The van der Waals surface area contributed by atoms with Gasteiger partial charge in [-0.25, -0.2) is 9.37 Å². The molecule has 0 amide bonds. The van der Waals surface area contributed by atoms with Crippen LogP contribution in [-0.2, 0) is 17.6 Å². The number of aromatic nitrogens is 1. The number of fused-ring (bicyclic) bond motifs is 1. The summed E-state index contributed by atoms with van der Waals surface area (Å²) in [6, 6.07) is 8.89. The molecule has 1 aliphatic carbocycles. The maximum Gasteiger partial charge on any atom is 0.126 e. The highest BCUT2D eigenvalue weighted by Gasteiger charge is 2.12. The van der Waals surface area contributed by atoms with E-state index in [-0.39, 0.29) is 11.7 Å². The molecule has 5 heteroatoms. The van der Waals surface area contributed by atoms with Gasteiger partial charge in [0.1, 0.15) is 24.0 Å². The average molecular weight is 358 g/mol. The molecule has 1 N–H and O–H groups in total. The molecule has 1 aromatic carbocycles. The SMILES string of the molecule is CC(C)c1ccc(F)cc1OCCOCCNc1ccc2c(n1)CCC2. The zero-order valence-corrected chi connectivity index (χ0v) is 15.6. The van der Waals surface area contributed by atoms with Crippen LogP contribution in [0.5, 0.6) is 5.75 Å². The van der Waals surface area contributed by atoms with Gasteiger partial charge in [0.2, 0.25) is 0 Å². The lowest BCUT2D eigenvalue weighted by Crippen LogP contribution is -2.14. The van der Waals surface area contributed by atoms with E-state index in [2.05, 4.69) is 30.2 Å². The Morgan fingerprint density at radius 2 is 2.00 bits per heavy atom. The van der Waals surface area contributed by atoms with Gasteiger partial charge in [0.05, 0.1) is 13.2 Å². The van der Waals surface area contributed by atoms with Crippen molar-refractivity contribution in [1.29, 1.82) is 0 Å². The lowest BCUT2D eigenvalue weighted by Gasteiger charge is -2.14. The number of nitrogens with zero attached hydrogens (tertiary/aromatic N) is 1. The average Bonchev–Trinajstić information content (AvgIpc) is 3.08. The second-order valence-corrected chi connectivity index (χ2v) is 6.88. The largest absolute Gasteiger partial charge is 0.491 e. The number of pyridine rings is 1. The van der Waals surface area contributed by atoms with Crippen LogP contribution in [0.25, 0.3) is 0 Å². The highest BCUT2D eigenvalue weighted by atomic mass is 19.1. The molecule has 1 aliphatic rings. The van der Waals surface area contributed by atoms with Crippen molar-refractivity contribution in [3.8, 4) is 5.75 Å². The number of benzene rings is 1. The van der Waals surface area contributed by atoms with Gasteiger partial charge in [-0.05, 0) is 48.4 Å². The molecule has 0 unspecified atom stereocenters. The fourth-order valence-corrected chi connectivity index (χ4v) is 3.19. The molecule has 0 saturated heterocycles. The van der Waals surface area contributed by atoms with Crippen LogP contribution in [-0.4, -0.2) is 31.3 Å². The number of ether oxygens (including phenoxy) is 2. The minimum absolute atomic E-state index is 0.281. The lowest BCUT2D eigenvalue weighted by atomic mass is 10.0. The minimum atomic E-state index is -0.281. The first-order valence-electron chi connectivity index (χ1n) is 9.36. The molecule has 0 atom stereocenters. The standard InChI is InChI=1S/C21H27FN2O2/c1-15(2)18-8-7-17(22)14-20(18)26-13-12-25-11-10-23-21-9-6-16-4-3-5-19(16)24-21/h6-9,14-15H,3-5,10-13H2,1-2H3,(H,23,24). The first kappa shape index (κ1) is 18.6. The predicted octanol–water partition coefficient (Wildman–Crippen LogP) is 4.34. The van der Waals surface area contributed by atoms with Crippen LogP contribution in [0.3, 0.4) is 0 Å². The summed E-state index contributed by atoms with van der Waals surface area (Å²) in [5, 5.41) is 3.29. The van der Waals surface area contributed by atoms with Crippen LogP contribution in [0.2, 0.25) is 0 Å². The van der Waals surface area contributed by atoms with Crippen molar-refractivity contribution in [1.82, 2.24) is 4.98 Å². The number of rotatable bonds is 9. The van der Waals surface area contributed by atoms with Gasteiger partial charge in [-0.3, -0.25) is 0 Å². The predicted molar refractivity (Wildman–Crippen MR) is 102 cm³/mol. The van der Waals surface area contributed by atoms with E-state index in [0.717, 1.165) is 24.2 Å². The summed E-state index contributed by atoms with van der Waals surface area (Å²) in [7, 11) is 0. The van der Waals surface area contributed by atoms with Crippen molar-refractivity contribution in [2.75, 3.05) is 31.7 Å². The smallest absolute Gasteiger partial charge is 0.126 e. The normalized spacial score (nSPS) is 13.1. The number of nitrogens with one attached hydrogen (secondary N) is 1. The minimum Gasteiger partial charge on any atom is -0.491 e. The van der Waals surface area contributed by atoms with E-state index in [0.29, 0.717) is 32.1 Å². The van der Waals surface area contributed by atoms with Gasteiger partial charge in [-0.2, -0.15) is 0 Å². The Hall–Kier alpha value is -2.14. The second-order valence-electron chi connectivity index (χ2n) is 6.88. The summed E-state index contributed by atoms with van der Waals surface area (Å²) >= 11 is 0. The van der Waals surface area contributed by atoms with Crippen molar-refractivity contribution < 1.29 is 13.9 Å². The van der Waals surface area contributed by atoms with Crippen LogP contribution >= 0.6 is 0 Å². The zero-order chi connectivity index (χ0) is 18.4. The molecule has 4 nitrogen and oxygen atoms in total. The Morgan fingerprint density at radius 1 is 1.12 bits per heavy atom. The van der Waals surface area contributed by atoms with Crippen molar-refractivity contribution in [2.24, 2.45) is 0 Å². The summed E-state index contributed by atoms with van der Waals surface area (Å²) in [5.41, 5.74) is 3.61. The summed E-state index contributed by atoms with van der Waals surface area (Å²) < 4.78 is 24.7. The molecule has 0 fully saturated rings. The molecule has 140 valence electrons. The number of hydrogen-bond acceptors (Lipinski definition) is 4. The second kappa shape index (κ2) is 8.99. The third-order valence-electron chi connectivity index (χ3n) is 4.56. The monoisotopic (exact) mass is 358 g/mol. The van der Waals surface area contributed by atoms with E-state index in [1.165, 1.54) is 29.8 Å². The maximum absolute atomic E-state index is 13.4. The Morgan fingerprint density at radius 3 is 2.85 bits per heavy atom. The van der Waals surface area contributed by atoms with E-state index in [4.69, 9.17) is 9.47 Å². The third kappa shape index (κ3) is 4.94. The number of anilines is 1. The molecule has 0 spiro atoms. The van der Waals surface area contributed by atoms with Crippen molar-refractivity contribution in [2.45, 2.75) is 39.0 Å². The fraction of sp³-hybridized carbons (Fsp3) is 0.476. The molecule has 0 aliphatic heterocycles. The van der Waals surface area contributed by atoms with Crippen LogP contribution in [0.15, 0.2) is 30.3 Å². The third-order valence-corrected chi connectivity index (χ3v) is 4.56. The van der Waals surface area contributed by atoms with Gasteiger partial charge in [-0.1, -0.05) is 26.0 Å². The van der Waals surface area contributed by atoms with E-state index in [9.17, 15) is 4.39 Å². The molecule has 3 rings (SSSR count). The Bertz CT molecular complexity index is 734. The van der Waals surface area contributed by atoms with Crippen molar-refractivity contribution in [3.63, 3.8) is 0 Å². The maximum atomic E-state index is 13.4. The first-order valence-corrected chi connectivity index (χ1v) is 9.36. The van der Waals surface area contributed by atoms with Crippen LogP contribution < -0.4 is 10.1 Å². The van der Waals surface area contributed by atoms with Gasteiger partial charge in [0, 0.05) is 18.3 Å². The molecule has 2 aromatic rings. The van der Waals surface area contributed by atoms with E-state index in [1.807, 2.05) is 6.07 Å². The molecule has 1 heterocycles. The highest BCUT2D eigenvalue weighted by Crippen LogP contribution is 2.27. The topological polar surface area (TPSA) is 43.4 Å². The number of halogens is 1. The zero-order valence-electron chi connectivity index (χ0n) is 15.6. The molecular weight excluding hydrogens is 331 g/mol. The molecule has 0 radical (unpaired) electrons. The Labute approximate surface area is 154 Å². The fourth-order valence-electron chi connectivity index (χ4n) is 3.19. The Kier molecular flexibility index (Phi) is 6.45. The summed E-state index contributed by atoms with van der Waals surface area (Å²) in [6.45, 7) is 6.27. The summed E-state index contributed by atoms with van der Waals surface area (Å²) in [4.78, 5) is 4.63.